The summed E-state index contributed by atoms with van der Waals surface area (Å²) in [5.74, 6) is -0.372. The van der Waals surface area contributed by atoms with Crippen LogP contribution in [-0.4, -0.2) is 29.3 Å². The number of hydrogen-bond acceptors (Lipinski definition) is 3. The number of rotatable bonds is 7. The molecule has 0 aliphatic rings. The fraction of sp³-hybridized carbons (Fsp3) is 0.222. The Bertz CT molecular complexity index is 653. The standard InChI is InChI=1S/C18H20N2O2S/c1-3-11-20(13-16-10-7-12-23-16)18(22)14(2)19-17(21)15-8-5-4-6-9-15/h3-10,12,14H,1,11,13H2,2H3,(H,19,21). The Balaban J connectivity index is 2.00. The van der Waals surface area contributed by atoms with Crippen molar-refractivity contribution < 1.29 is 9.59 Å². The van der Waals surface area contributed by atoms with E-state index in [0.29, 0.717) is 18.7 Å². The van der Waals surface area contributed by atoms with Crippen molar-refractivity contribution in [3.05, 3.63) is 70.9 Å². The minimum atomic E-state index is -0.595. The molecule has 23 heavy (non-hydrogen) atoms. The second-order valence-electron chi connectivity index (χ2n) is 5.15. The predicted molar refractivity (Wildman–Crippen MR) is 93.3 cm³/mol. The van der Waals surface area contributed by atoms with E-state index < -0.39 is 6.04 Å². The summed E-state index contributed by atoms with van der Waals surface area (Å²) >= 11 is 1.60. The quantitative estimate of drug-likeness (QED) is 0.794. The van der Waals surface area contributed by atoms with Crippen LogP contribution >= 0.6 is 11.3 Å². The SMILES string of the molecule is C=CCN(Cc1cccs1)C(=O)C(C)NC(=O)c1ccccc1. The fourth-order valence-corrected chi connectivity index (χ4v) is 2.90. The van der Waals surface area contributed by atoms with E-state index in [1.165, 1.54) is 0 Å². The highest BCUT2D eigenvalue weighted by Gasteiger charge is 2.22. The van der Waals surface area contributed by atoms with Gasteiger partial charge in [0.25, 0.3) is 5.91 Å². The van der Waals surface area contributed by atoms with Gasteiger partial charge in [0.1, 0.15) is 6.04 Å². The summed E-state index contributed by atoms with van der Waals surface area (Å²) in [4.78, 5) is 27.5. The van der Waals surface area contributed by atoms with Gasteiger partial charge in [-0.3, -0.25) is 9.59 Å². The molecule has 0 saturated carbocycles. The average Bonchev–Trinajstić information content (AvgIpc) is 3.07. The van der Waals surface area contributed by atoms with Crippen molar-refractivity contribution >= 4 is 23.2 Å². The smallest absolute Gasteiger partial charge is 0.251 e. The number of benzene rings is 1. The fourth-order valence-electron chi connectivity index (χ4n) is 2.18. The van der Waals surface area contributed by atoms with Crippen LogP contribution in [0.2, 0.25) is 0 Å². The molecule has 0 saturated heterocycles. The minimum Gasteiger partial charge on any atom is -0.341 e. The van der Waals surface area contributed by atoms with Crippen molar-refractivity contribution in [2.45, 2.75) is 19.5 Å². The molecule has 0 aliphatic heterocycles. The number of nitrogens with one attached hydrogen (secondary N) is 1. The molecule has 1 aromatic carbocycles. The third-order valence-electron chi connectivity index (χ3n) is 3.34. The summed E-state index contributed by atoms with van der Waals surface area (Å²) < 4.78 is 0. The summed E-state index contributed by atoms with van der Waals surface area (Å²) in [7, 11) is 0. The maximum atomic E-state index is 12.6. The van der Waals surface area contributed by atoms with Crippen LogP contribution < -0.4 is 5.32 Å². The molecule has 0 bridgehead atoms. The lowest BCUT2D eigenvalue weighted by atomic mass is 10.2. The van der Waals surface area contributed by atoms with Crippen LogP contribution in [0.25, 0.3) is 0 Å². The Kier molecular flexibility index (Phi) is 6.11. The molecule has 2 amide bonds. The van der Waals surface area contributed by atoms with Crippen LogP contribution in [0, 0.1) is 0 Å². The highest BCUT2D eigenvalue weighted by Crippen LogP contribution is 2.13. The molecular weight excluding hydrogens is 308 g/mol. The Hall–Kier alpha value is -2.40. The maximum Gasteiger partial charge on any atom is 0.251 e. The summed E-state index contributed by atoms with van der Waals surface area (Å²) in [5, 5.41) is 4.73. The molecule has 120 valence electrons. The molecule has 0 radical (unpaired) electrons. The molecule has 1 atom stereocenters. The highest BCUT2D eigenvalue weighted by atomic mass is 32.1. The number of amides is 2. The van der Waals surface area contributed by atoms with E-state index >= 15 is 0 Å². The summed E-state index contributed by atoms with van der Waals surface area (Å²) in [6.07, 6.45) is 1.69. The molecule has 2 aromatic rings. The normalized spacial score (nSPS) is 11.5. The molecule has 0 spiro atoms. The van der Waals surface area contributed by atoms with E-state index in [1.807, 2.05) is 23.6 Å². The topological polar surface area (TPSA) is 49.4 Å². The van der Waals surface area contributed by atoms with Crippen molar-refractivity contribution in [1.82, 2.24) is 10.2 Å². The van der Waals surface area contributed by atoms with Gasteiger partial charge in [0, 0.05) is 17.0 Å². The third kappa shape index (κ3) is 4.79. The van der Waals surface area contributed by atoms with E-state index in [1.54, 1.807) is 53.5 Å². The Morgan fingerprint density at radius 1 is 1.26 bits per heavy atom. The van der Waals surface area contributed by atoms with Gasteiger partial charge in [-0.2, -0.15) is 0 Å². The van der Waals surface area contributed by atoms with Crippen molar-refractivity contribution in [3.63, 3.8) is 0 Å². The first kappa shape index (κ1) is 17.0. The first-order valence-corrected chi connectivity index (χ1v) is 8.27. The zero-order valence-corrected chi connectivity index (χ0v) is 13.9. The van der Waals surface area contributed by atoms with Crippen LogP contribution in [-0.2, 0) is 11.3 Å². The van der Waals surface area contributed by atoms with Gasteiger partial charge in [-0.05, 0) is 30.5 Å². The van der Waals surface area contributed by atoms with Gasteiger partial charge in [-0.25, -0.2) is 0 Å². The van der Waals surface area contributed by atoms with Gasteiger partial charge in [0.05, 0.1) is 6.54 Å². The van der Waals surface area contributed by atoms with E-state index in [2.05, 4.69) is 11.9 Å². The van der Waals surface area contributed by atoms with Crippen LogP contribution in [0.4, 0.5) is 0 Å². The van der Waals surface area contributed by atoms with Crippen molar-refractivity contribution in [2.75, 3.05) is 6.54 Å². The Morgan fingerprint density at radius 2 is 2.00 bits per heavy atom. The molecule has 1 aromatic heterocycles. The lowest BCUT2D eigenvalue weighted by Gasteiger charge is -2.24. The van der Waals surface area contributed by atoms with Gasteiger partial charge >= 0.3 is 0 Å². The highest BCUT2D eigenvalue weighted by molar-refractivity contribution is 7.09. The van der Waals surface area contributed by atoms with E-state index in [4.69, 9.17) is 0 Å². The molecular formula is C18H20N2O2S. The molecule has 0 aliphatic carbocycles. The maximum absolute atomic E-state index is 12.6. The van der Waals surface area contributed by atoms with Crippen molar-refractivity contribution in [2.24, 2.45) is 0 Å². The lowest BCUT2D eigenvalue weighted by molar-refractivity contribution is -0.132. The van der Waals surface area contributed by atoms with Gasteiger partial charge in [-0.1, -0.05) is 30.3 Å². The minimum absolute atomic E-state index is 0.123. The number of nitrogens with zero attached hydrogens (tertiary/aromatic N) is 1. The zero-order chi connectivity index (χ0) is 16.7. The van der Waals surface area contributed by atoms with E-state index in [-0.39, 0.29) is 11.8 Å². The summed E-state index contributed by atoms with van der Waals surface area (Å²) in [6, 6.07) is 12.2. The van der Waals surface area contributed by atoms with Gasteiger partial charge in [0.15, 0.2) is 0 Å². The second kappa shape index (κ2) is 8.29. The molecule has 1 heterocycles. The summed E-state index contributed by atoms with van der Waals surface area (Å²) in [5.41, 5.74) is 0.542. The van der Waals surface area contributed by atoms with Crippen LogP contribution in [0.15, 0.2) is 60.5 Å². The molecule has 0 fully saturated rings. The monoisotopic (exact) mass is 328 g/mol. The van der Waals surface area contributed by atoms with Gasteiger partial charge in [-0.15, -0.1) is 17.9 Å². The molecule has 5 heteroatoms. The largest absolute Gasteiger partial charge is 0.341 e. The van der Waals surface area contributed by atoms with Crippen molar-refractivity contribution in [1.29, 1.82) is 0 Å². The Morgan fingerprint density at radius 3 is 2.61 bits per heavy atom. The average molecular weight is 328 g/mol. The number of thiophene rings is 1. The predicted octanol–water partition coefficient (Wildman–Crippen LogP) is 3.08. The van der Waals surface area contributed by atoms with E-state index in [9.17, 15) is 9.59 Å². The number of hydrogen-bond donors (Lipinski definition) is 1. The van der Waals surface area contributed by atoms with Gasteiger partial charge in [0.2, 0.25) is 5.91 Å². The van der Waals surface area contributed by atoms with Crippen molar-refractivity contribution in [3.8, 4) is 0 Å². The molecule has 2 rings (SSSR count). The molecule has 4 nitrogen and oxygen atoms in total. The first-order valence-electron chi connectivity index (χ1n) is 7.39. The zero-order valence-electron chi connectivity index (χ0n) is 13.1. The van der Waals surface area contributed by atoms with Crippen LogP contribution in [0.5, 0.6) is 0 Å². The number of carbonyl (C=O) groups excluding carboxylic acids is 2. The molecule has 1 N–H and O–H groups in total. The van der Waals surface area contributed by atoms with E-state index in [0.717, 1.165) is 4.88 Å². The Labute approximate surface area is 140 Å². The van der Waals surface area contributed by atoms with Crippen LogP contribution in [0.1, 0.15) is 22.2 Å². The molecule has 1 unspecified atom stereocenters. The first-order chi connectivity index (χ1) is 11.1. The number of carbonyl (C=O) groups is 2. The third-order valence-corrected chi connectivity index (χ3v) is 4.20. The van der Waals surface area contributed by atoms with Crippen LogP contribution in [0.3, 0.4) is 0 Å². The van der Waals surface area contributed by atoms with Gasteiger partial charge < -0.3 is 10.2 Å². The lowest BCUT2D eigenvalue weighted by Crippen LogP contribution is -2.46. The second-order valence-corrected chi connectivity index (χ2v) is 6.18. The summed E-state index contributed by atoms with van der Waals surface area (Å²) in [6.45, 7) is 6.37.